The molecule has 0 spiro atoms. The van der Waals surface area contributed by atoms with Gasteiger partial charge in [0.05, 0.1) is 16.7 Å². The number of benzene rings is 3. The zero-order valence-corrected chi connectivity index (χ0v) is 16.3. The van der Waals surface area contributed by atoms with Crippen LogP contribution in [-0.2, 0) is 0 Å². The Morgan fingerprint density at radius 2 is 1.56 bits per heavy atom. The van der Waals surface area contributed by atoms with Gasteiger partial charge in [0, 0.05) is 15.1 Å². The van der Waals surface area contributed by atoms with Gasteiger partial charge in [0.15, 0.2) is 11.3 Å². The van der Waals surface area contributed by atoms with Crippen molar-refractivity contribution in [3.63, 3.8) is 0 Å². The van der Waals surface area contributed by atoms with Crippen LogP contribution in [0.1, 0.15) is 0 Å². The fraction of sp³-hybridized carbons (Fsp3) is 0. The van der Waals surface area contributed by atoms with E-state index in [1.165, 1.54) is 0 Å². The van der Waals surface area contributed by atoms with Crippen molar-refractivity contribution in [3.8, 4) is 17.1 Å². The standard InChI is InChI=1S/C21H12BrClN4/c22-14-6-4-8-16(12-14)27-20(13-5-3-7-15(23)11-13)26-19-21(27)25-18-10-2-1-9-17(18)24-19/h1-12H. The summed E-state index contributed by atoms with van der Waals surface area (Å²) in [7, 11) is 0. The van der Waals surface area contributed by atoms with E-state index in [1.807, 2.05) is 77.4 Å². The van der Waals surface area contributed by atoms with Gasteiger partial charge in [-0.3, -0.25) is 4.57 Å². The fourth-order valence-corrected chi connectivity index (χ4v) is 3.72. The molecule has 0 aliphatic carbocycles. The quantitative estimate of drug-likeness (QED) is 0.339. The van der Waals surface area contributed by atoms with Gasteiger partial charge in [-0.25, -0.2) is 15.0 Å². The number of nitrogens with zero attached hydrogens (tertiary/aromatic N) is 4. The lowest BCUT2D eigenvalue weighted by atomic mass is 10.2. The first-order valence-electron chi connectivity index (χ1n) is 8.36. The molecule has 0 saturated heterocycles. The Bertz CT molecular complexity index is 1310. The van der Waals surface area contributed by atoms with E-state index >= 15 is 0 Å². The fourth-order valence-electron chi connectivity index (χ4n) is 3.14. The van der Waals surface area contributed by atoms with E-state index in [2.05, 4.69) is 15.9 Å². The zero-order chi connectivity index (χ0) is 18.4. The second kappa shape index (κ2) is 6.44. The third-order valence-corrected chi connectivity index (χ3v) is 5.05. The van der Waals surface area contributed by atoms with E-state index < -0.39 is 0 Å². The Hall–Kier alpha value is -2.76. The van der Waals surface area contributed by atoms with Crippen LogP contribution in [0.15, 0.2) is 77.3 Å². The molecule has 0 atom stereocenters. The second-order valence-electron chi connectivity index (χ2n) is 6.12. The number of imidazole rings is 1. The molecule has 2 heterocycles. The Morgan fingerprint density at radius 1 is 0.778 bits per heavy atom. The van der Waals surface area contributed by atoms with E-state index in [1.54, 1.807) is 0 Å². The molecule has 0 aliphatic heterocycles. The van der Waals surface area contributed by atoms with E-state index in [0.29, 0.717) is 16.3 Å². The van der Waals surface area contributed by atoms with Crippen LogP contribution in [0, 0.1) is 0 Å². The molecule has 5 aromatic rings. The minimum Gasteiger partial charge on any atom is -0.275 e. The third-order valence-electron chi connectivity index (χ3n) is 4.32. The summed E-state index contributed by atoms with van der Waals surface area (Å²) in [6.45, 7) is 0. The molecule has 27 heavy (non-hydrogen) atoms. The maximum Gasteiger partial charge on any atom is 0.199 e. The monoisotopic (exact) mass is 434 g/mol. The van der Waals surface area contributed by atoms with E-state index in [9.17, 15) is 0 Å². The summed E-state index contributed by atoms with van der Waals surface area (Å²) in [6, 6.07) is 23.5. The summed E-state index contributed by atoms with van der Waals surface area (Å²) in [5.74, 6) is 0.751. The third kappa shape index (κ3) is 2.89. The summed E-state index contributed by atoms with van der Waals surface area (Å²) in [6.07, 6.45) is 0. The Labute approximate surface area is 168 Å². The lowest BCUT2D eigenvalue weighted by Crippen LogP contribution is -1.99. The molecule has 5 rings (SSSR count). The highest BCUT2D eigenvalue weighted by Gasteiger charge is 2.17. The molecule has 0 N–H and O–H groups in total. The van der Waals surface area contributed by atoms with Crippen molar-refractivity contribution >= 4 is 49.9 Å². The van der Waals surface area contributed by atoms with Gasteiger partial charge in [0.25, 0.3) is 0 Å². The van der Waals surface area contributed by atoms with Gasteiger partial charge >= 0.3 is 0 Å². The van der Waals surface area contributed by atoms with Gasteiger partial charge in [0.1, 0.15) is 5.82 Å². The molecule has 130 valence electrons. The van der Waals surface area contributed by atoms with Gasteiger partial charge < -0.3 is 0 Å². The predicted octanol–water partition coefficient (Wildman–Crippen LogP) is 6.05. The first-order valence-corrected chi connectivity index (χ1v) is 9.53. The number of halogens is 2. The largest absolute Gasteiger partial charge is 0.275 e. The predicted molar refractivity (Wildman–Crippen MR) is 112 cm³/mol. The van der Waals surface area contributed by atoms with Crippen molar-refractivity contribution in [2.75, 3.05) is 0 Å². The molecule has 2 aromatic heterocycles. The molecular formula is C21H12BrClN4. The van der Waals surface area contributed by atoms with Crippen LogP contribution in [0.5, 0.6) is 0 Å². The average Bonchev–Trinajstić information content (AvgIpc) is 3.04. The van der Waals surface area contributed by atoms with E-state index in [0.717, 1.165) is 32.6 Å². The van der Waals surface area contributed by atoms with Crippen LogP contribution in [0.3, 0.4) is 0 Å². The van der Waals surface area contributed by atoms with Crippen molar-refractivity contribution in [3.05, 3.63) is 82.3 Å². The number of para-hydroxylation sites is 2. The maximum absolute atomic E-state index is 6.23. The number of rotatable bonds is 2. The molecule has 0 bridgehead atoms. The summed E-state index contributed by atoms with van der Waals surface area (Å²) < 4.78 is 3.00. The van der Waals surface area contributed by atoms with Crippen molar-refractivity contribution < 1.29 is 0 Å². The number of aromatic nitrogens is 4. The van der Waals surface area contributed by atoms with E-state index in [4.69, 9.17) is 26.6 Å². The molecular weight excluding hydrogens is 424 g/mol. The summed E-state index contributed by atoms with van der Waals surface area (Å²) >= 11 is 9.78. The van der Waals surface area contributed by atoms with Crippen LogP contribution < -0.4 is 0 Å². The molecule has 0 fully saturated rings. The zero-order valence-electron chi connectivity index (χ0n) is 14.0. The van der Waals surface area contributed by atoms with E-state index in [-0.39, 0.29) is 0 Å². The van der Waals surface area contributed by atoms with Crippen LogP contribution in [-0.4, -0.2) is 19.5 Å². The van der Waals surface area contributed by atoms with Crippen molar-refractivity contribution in [1.29, 1.82) is 0 Å². The van der Waals surface area contributed by atoms with Crippen LogP contribution in [0.2, 0.25) is 5.02 Å². The normalized spacial score (nSPS) is 11.3. The molecule has 4 nitrogen and oxygen atoms in total. The number of hydrogen-bond acceptors (Lipinski definition) is 3. The van der Waals surface area contributed by atoms with Gasteiger partial charge in [-0.2, -0.15) is 0 Å². The van der Waals surface area contributed by atoms with Gasteiger partial charge in [0.2, 0.25) is 0 Å². The molecule has 0 saturated carbocycles. The SMILES string of the molecule is Clc1cccc(-c2nc3nc4ccccc4nc3n2-c2cccc(Br)c2)c1. The maximum atomic E-state index is 6.23. The highest BCUT2D eigenvalue weighted by Crippen LogP contribution is 2.30. The van der Waals surface area contributed by atoms with Gasteiger partial charge in [-0.05, 0) is 42.5 Å². The van der Waals surface area contributed by atoms with Crippen molar-refractivity contribution in [2.24, 2.45) is 0 Å². The molecule has 0 amide bonds. The Balaban J connectivity index is 1.90. The smallest absolute Gasteiger partial charge is 0.199 e. The topological polar surface area (TPSA) is 43.6 Å². The highest BCUT2D eigenvalue weighted by atomic mass is 79.9. The highest BCUT2D eigenvalue weighted by molar-refractivity contribution is 9.10. The van der Waals surface area contributed by atoms with Crippen molar-refractivity contribution in [2.45, 2.75) is 0 Å². The van der Waals surface area contributed by atoms with Gasteiger partial charge in [-0.1, -0.05) is 57.9 Å². The Kier molecular flexibility index (Phi) is 3.92. The lowest BCUT2D eigenvalue weighted by Gasteiger charge is -2.09. The summed E-state index contributed by atoms with van der Waals surface area (Å²) in [4.78, 5) is 14.4. The van der Waals surface area contributed by atoms with Crippen LogP contribution >= 0.6 is 27.5 Å². The molecule has 0 unspecified atom stereocenters. The minimum absolute atomic E-state index is 0.601. The molecule has 0 radical (unpaired) electrons. The lowest BCUT2D eigenvalue weighted by molar-refractivity contribution is 1.08. The average molecular weight is 436 g/mol. The molecule has 0 aliphatic rings. The first kappa shape index (κ1) is 16.4. The van der Waals surface area contributed by atoms with Crippen molar-refractivity contribution in [1.82, 2.24) is 19.5 Å². The number of hydrogen-bond donors (Lipinski definition) is 0. The number of fused-ring (bicyclic) bond motifs is 2. The van der Waals surface area contributed by atoms with Crippen LogP contribution in [0.4, 0.5) is 0 Å². The molecule has 6 heteroatoms. The minimum atomic E-state index is 0.601. The molecule has 3 aromatic carbocycles. The Morgan fingerprint density at radius 3 is 2.33 bits per heavy atom. The van der Waals surface area contributed by atoms with Gasteiger partial charge in [-0.15, -0.1) is 0 Å². The van der Waals surface area contributed by atoms with Crippen LogP contribution in [0.25, 0.3) is 39.4 Å². The first-order chi connectivity index (χ1) is 13.2. The second-order valence-corrected chi connectivity index (χ2v) is 7.47. The summed E-state index contributed by atoms with van der Waals surface area (Å²) in [5.41, 5.74) is 4.82. The summed E-state index contributed by atoms with van der Waals surface area (Å²) in [5, 5.41) is 0.659.